The lowest BCUT2D eigenvalue weighted by Crippen LogP contribution is -2.14. The summed E-state index contributed by atoms with van der Waals surface area (Å²) in [5, 5.41) is 13.6. The predicted molar refractivity (Wildman–Crippen MR) is 83.7 cm³/mol. The Kier molecular flexibility index (Phi) is 4.06. The number of nitriles is 1. The Labute approximate surface area is 126 Å². The Bertz CT molecular complexity index is 657. The second kappa shape index (κ2) is 6.13. The summed E-state index contributed by atoms with van der Waals surface area (Å²) in [6.07, 6.45) is 10.8. The van der Waals surface area contributed by atoms with Gasteiger partial charge in [0.2, 0.25) is 0 Å². The number of aromatic nitrogens is 2. The second-order valence-corrected chi connectivity index (χ2v) is 6.10. The average Bonchev–Trinajstić information content (AvgIpc) is 2.97. The summed E-state index contributed by atoms with van der Waals surface area (Å²) in [4.78, 5) is 0. The van der Waals surface area contributed by atoms with Crippen molar-refractivity contribution in [2.24, 2.45) is 5.92 Å². The molecule has 1 heterocycles. The lowest BCUT2D eigenvalue weighted by atomic mass is 9.89. The Morgan fingerprint density at radius 2 is 2.10 bits per heavy atom. The van der Waals surface area contributed by atoms with Crippen LogP contribution in [0.4, 0.5) is 0 Å². The van der Waals surface area contributed by atoms with Crippen molar-refractivity contribution < 1.29 is 0 Å². The maximum absolute atomic E-state index is 9.05. The van der Waals surface area contributed by atoms with E-state index in [2.05, 4.69) is 29.0 Å². The van der Waals surface area contributed by atoms with Crippen LogP contribution in [0.3, 0.4) is 0 Å². The highest BCUT2D eigenvalue weighted by molar-refractivity contribution is 5.67. The fourth-order valence-electron chi connectivity index (χ4n) is 3.24. The molecule has 0 amide bonds. The molecule has 0 spiro atoms. The Hall–Kier alpha value is -2.08. The minimum absolute atomic E-state index is 0.704. The summed E-state index contributed by atoms with van der Waals surface area (Å²) in [6.45, 7) is 3.10. The van der Waals surface area contributed by atoms with Gasteiger partial charge in [-0.15, -0.1) is 0 Å². The van der Waals surface area contributed by atoms with E-state index in [0.29, 0.717) is 5.56 Å². The second-order valence-electron chi connectivity index (χ2n) is 6.10. The van der Waals surface area contributed by atoms with Gasteiger partial charge in [-0.25, -0.2) is 0 Å². The lowest BCUT2D eigenvalue weighted by molar-refractivity contribution is 0.308. The molecule has 0 atom stereocenters. The molecule has 1 saturated carbocycles. The van der Waals surface area contributed by atoms with Gasteiger partial charge in [0, 0.05) is 18.3 Å². The van der Waals surface area contributed by atoms with E-state index in [0.717, 1.165) is 23.6 Å². The van der Waals surface area contributed by atoms with Crippen LogP contribution in [0.15, 0.2) is 30.6 Å². The van der Waals surface area contributed by atoms with E-state index in [1.54, 1.807) is 0 Å². The normalized spacial score (nSPS) is 15.8. The standard InChI is InChI=1S/C18H21N3/c1-14-7-8-16(10-19)9-18(14)17-11-20-21(13-17)12-15-5-3-2-4-6-15/h7-9,11,13,15H,2-6,12H2,1H3. The summed E-state index contributed by atoms with van der Waals surface area (Å²) in [7, 11) is 0. The molecule has 1 aromatic heterocycles. The van der Waals surface area contributed by atoms with Crippen LogP contribution in [0.1, 0.15) is 43.2 Å². The topological polar surface area (TPSA) is 41.6 Å². The molecule has 0 unspecified atom stereocenters. The quantitative estimate of drug-likeness (QED) is 0.840. The van der Waals surface area contributed by atoms with Gasteiger partial charge in [0.05, 0.1) is 17.8 Å². The molecule has 3 rings (SSSR count). The fraction of sp³-hybridized carbons (Fsp3) is 0.444. The Morgan fingerprint density at radius 3 is 2.86 bits per heavy atom. The van der Waals surface area contributed by atoms with E-state index in [4.69, 9.17) is 5.26 Å². The summed E-state index contributed by atoms with van der Waals surface area (Å²) < 4.78 is 2.07. The first kappa shape index (κ1) is 13.9. The van der Waals surface area contributed by atoms with Crippen LogP contribution in [-0.2, 0) is 6.54 Å². The van der Waals surface area contributed by atoms with Gasteiger partial charge in [0.25, 0.3) is 0 Å². The lowest BCUT2D eigenvalue weighted by Gasteiger charge is -2.21. The molecule has 1 aliphatic rings. The molecule has 2 aromatic rings. The average molecular weight is 279 g/mol. The number of nitrogens with zero attached hydrogens (tertiary/aromatic N) is 3. The fourth-order valence-corrected chi connectivity index (χ4v) is 3.24. The summed E-state index contributed by atoms with van der Waals surface area (Å²) in [6, 6.07) is 8.04. The molecule has 0 bridgehead atoms. The third kappa shape index (κ3) is 3.16. The molecule has 1 aromatic carbocycles. The third-order valence-electron chi connectivity index (χ3n) is 4.48. The van der Waals surface area contributed by atoms with Gasteiger partial charge in [-0.1, -0.05) is 25.3 Å². The minimum atomic E-state index is 0.704. The zero-order valence-electron chi connectivity index (χ0n) is 12.5. The Balaban J connectivity index is 1.80. The summed E-state index contributed by atoms with van der Waals surface area (Å²) >= 11 is 0. The zero-order valence-corrected chi connectivity index (χ0v) is 12.5. The smallest absolute Gasteiger partial charge is 0.0991 e. The molecule has 21 heavy (non-hydrogen) atoms. The van der Waals surface area contributed by atoms with Gasteiger partial charge in [-0.3, -0.25) is 4.68 Å². The first-order chi connectivity index (χ1) is 10.3. The van der Waals surface area contributed by atoms with Crippen LogP contribution in [0.25, 0.3) is 11.1 Å². The van der Waals surface area contributed by atoms with Gasteiger partial charge in [0.1, 0.15) is 0 Å². The minimum Gasteiger partial charge on any atom is -0.272 e. The van der Waals surface area contributed by atoms with Crippen molar-refractivity contribution in [1.82, 2.24) is 9.78 Å². The molecule has 0 aliphatic heterocycles. The summed E-state index contributed by atoms with van der Waals surface area (Å²) in [5.74, 6) is 0.776. The van der Waals surface area contributed by atoms with E-state index in [1.165, 1.54) is 37.7 Å². The van der Waals surface area contributed by atoms with Gasteiger partial charge < -0.3 is 0 Å². The van der Waals surface area contributed by atoms with Crippen molar-refractivity contribution in [3.8, 4) is 17.2 Å². The maximum Gasteiger partial charge on any atom is 0.0991 e. The van der Waals surface area contributed by atoms with E-state index in [9.17, 15) is 0 Å². The van der Waals surface area contributed by atoms with Gasteiger partial charge >= 0.3 is 0 Å². The van der Waals surface area contributed by atoms with Crippen molar-refractivity contribution in [2.75, 3.05) is 0 Å². The van der Waals surface area contributed by atoms with Crippen LogP contribution in [0.2, 0.25) is 0 Å². The van der Waals surface area contributed by atoms with E-state index in [-0.39, 0.29) is 0 Å². The number of hydrogen-bond donors (Lipinski definition) is 0. The molecular weight excluding hydrogens is 258 g/mol. The van der Waals surface area contributed by atoms with Crippen LogP contribution >= 0.6 is 0 Å². The van der Waals surface area contributed by atoms with Crippen molar-refractivity contribution in [1.29, 1.82) is 5.26 Å². The third-order valence-corrected chi connectivity index (χ3v) is 4.48. The highest BCUT2D eigenvalue weighted by atomic mass is 15.3. The first-order valence-corrected chi connectivity index (χ1v) is 7.80. The predicted octanol–water partition coefficient (Wildman–Crippen LogP) is 4.31. The van der Waals surface area contributed by atoms with E-state index in [1.807, 2.05) is 24.4 Å². The van der Waals surface area contributed by atoms with Crippen molar-refractivity contribution in [2.45, 2.75) is 45.6 Å². The van der Waals surface area contributed by atoms with Gasteiger partial charge in [-0.05, 0) is 48.9 Å². The molecule has 0 saturated heterocycles. The van der Waals surface area contributed by atoms with Crippen LogP contribution < -0.4 is 0 Å². The molecule has 1 fully saturated rings. The van der Waals surface area contributed by atoms with E-state index >= 15 is 0 Å². The SMILES string of the molecule is Cc1ccc(C#N)cc1-c1cnn(CC2CCCCC2)c1. The first-order valence-electron chi connectivity index (χ1n) is 7.80. The number of benzene rings is 1. The monoisotopic (exact) mass is 279 g/mol. The molecular formula is C18H21N3. The molecule has 0 N–H and O–H groups in total. The Morgan fingerprint density at radius 1 is 1.29 bits per heavy atom. The molecule has 0 radical (unpaired) electrons. The summed E-state index contributed by atoms with van der Waals surface area (Å²) in [5.41, 5.74) is 4.12. The molecule has 3 heteroatoms. The molecule has 3 nitrogen and oxygen atoms in total. The molecule has 108 valence electrons. The van der Waals surface area contributed by atoms with Crippen molar-refractivity contribution >= 4 is 0 Å². The van der Waals surface area contributed by atoms with Crippen LogP contribution in [0, 0.1) is 24.2 Å². The number of hydrogen-bond acceptors (Lipinski definition) is 2. The molecule has 1 aliphatic carbocycles. The van der Waals surface area contributed by atoms with Crippen LogP contribution in [0.5, 0.6) is 0 Å². The van der Waals surface area contributed by atoms with Crippen molar-refractivity contribution in [3.05, 3.63) is 41.7 Å². The highest BCUT2D eigenvalue weighted by Crippen LogP contribution is 2.27. The largest absolute Gasteiger partial charge is 0.272 e. The van der Waals surface area contributed by atoms with Crippen LogP contribution in [-0.4, -0.2) is 9.78 Å². The maximum atomic E-state index is 9.05. The number of rotatable bonds is 3. The van der Waals surface area contributed by atoms with Gasteiger partial charge in [0.15, 0.2) is 0 Å². The highest BCUT2D eigenvalue weighted by Gasteiger charge is 2.15. The van der Waals surface area contributed by atoms with Gasteiger partial charge in [-0.2, -0.15) is 10.4 Å². The van der Waals surface area contributed by atoms with Crippen molar-refractivity contribution in [3.63, 3.8) is 0 Å². The zero-order chi connectivity index (χ0) is 14.7. The number of aryl methyl sites for hydroxylation is 1. The van der Waals surface area contributed by atoms with E-state index < -0.39 is 0 Å².